The van der Waals surface area contributed by atoms with E-state index in [0.717, 1.165) is 12.1 Å². The quantitative estimate of drug-likeness (QED) is 0.859. The van der Waals surface area contributed by atoms with Gasteiger partial charge in [0.1, 0.15) is 11.6 Å². The Bertz CT molecular complexity index is 522. The highest BCUT2D eigenvalue weighted by atomic mass is 19.1. The molecule has 0 saturated carbocycles. The fourth-order valence-electron chi connectivity index (χ4n) is 2.30. The van der Waals surface area contributed by atoms with Crippen LogP contribution in [0.4, 0.5) is 14.5 Å². The van der Waals surface area contributed by atoms with Gasteiger partial charge in [0.05, 0.1) is 0 Å². The first-order valence-corrected chi connectivity index (χ1v) is 5.94. The number of anilines is 1. The number of hydrogen-bond donors (Lipinski definition) is 2. The van der Waals surface area contributed by atoms with Crippen molar-refractivity contribution in [3.63, 3.8) is 0 Å². The summed E-state index contributed by atoms with van der Waals surface area (Å²) in [4.78, 5) is 22.2. The zero-order chi connectivity index (χ0) is 14.2. The third-order valence-electron chi connectivity index (χ3n) is 3.28. The minimum absolute atomic E-state index is 0.0659. The van der Waals surface area contributed by atoms with Gasteiger partial charge in [0.2, 0.25) is 11.8 Å². The lowest BCUT2D eigenvalue weighted by atomic mass is 9.89. The molecule has 0 aliphatic carbocycles. The summed E-state index contributed by atoms with van der Waals surface area (Å²) in [5.41, 5.74) is -0.0452. The van der Waals surface area contributed by atoms with Crippen LogP contribution in [-0.2, 0) is 9.59 Å². The maximum absolute atomic E-state index is 14.0. The molecule has 6 heteroatoms. The standard InChI is InChI=1S/C13H14F2N2O2/c1-6-9(5-16-13(6)19)12-10(14)3-8(4-11(12)15)17-7(2)18/h3-4,6,9H,5H2,1-2H3,(H,16,19)(H,17,18)/t6?,9-/m1/s1. The molecule has 1 aromatic carbocycles. The lowest BCUT2D eigenvalue weighted by Gasteiger charge is -2.16. The maximum atomic E-state index is 14.0. The van der Waals surface area contributed by atoms with E-state index in [4.69, 9.17) is 0 Å². The summed E-state index contributed by atoms with van der Waals surface area (Å²) in [6, 6.07) is 2.13. The van der Waals surface area contributed by atoms with Crippen LogP contribution in [0.15, 0.2) is 12.1 Å². The van der Waals surface area contributed by atoms with Crippen LogP contribution >= 0.6 is 0 Å². The number of carbonyl (C=O) groups is 2. The third kappa shape index (κ3) is 2.57. The SMILES string of the molecule is CC(=O)Nc1cc(F)c([C@@H]2CNC(=O)C2C)c(F)c1. The molecule has 2 rings (SSSR count). The molecule has 1 fully saturated rings. The molecule has 1 unspecified atom stereocenters. The molecule has 19 heavy (non-hydrogen) atoms. The van der Waals surface area contributed by atoms with Gasteiger partial charge in [-0.25, -0.2) is 8.78 Å². The highest BCUT2D eigenvalue weighted by Gasteiger charge is 2.35. The van der Waals surface area contributed by atoms with Crippen LogP contribution in [0.5, 0.6) is 0 Å². The van der Waals surface area contributed by atoms with Gasteiger partial charge in [0.25, 0.3) is 0 Å². The fraction of sp³-hybridized carbons (Fsp3) is 0.385. The van der Waals surface area contributed by atoms with Crippen molar-refractivity contribution in [2.45, 2.75) is 19.8 Å². The molecule has 1 heterocycles. The third-order valence-corrected chi connectivity index (χ3v) is 3.28. The Hall–Kier alpha value is -1.98. The van der Waals surface area contributed by atoms with Crippen molar-refractivity contribution < 1.29 is 18.4 Å². The molecule has 1 aliphatic heterocycles. The van der Waals surface area contributed by atoms with Crippen molar-refractivity contribution in [2.75, 3.05) is 11.9 Å². The minimum atomic E-state index is -0.753. The van der Waals surface area contributed by atoms with Crippen LogP contribution in [0.1, 0.15) is 25.3 Å². The van der Waals surface area contributed by atoms with Gasteiger partial charge in [-0.3, -0.25) is 9.59 Å². The molecular weight excluding hydrogens is 254 g/mol. The van der Waals surface area contributed by atoms with E-state index in [1.807, 2.05) is 0 Å². The molecule has 4 nitrogen and oxygen atoms in total. The van der Waals surface area contributed by atoms with Gasteiger partial charge in [0.15, 0.2) is 0 Å². The second kappa shape index (κ2) is 4.95. The van der Waals surface area contributed by atoms with E-state index < -0.39 is 29.4 Å². The van der Waals surface area contributed by atoms with Crippen LogP contribution in [0.25, 0.3) is 0 Å². The molecule has 2 amide bonds. The summed E-state index contributed by atoms with van der Waals surface area (Å²) >= 11 is 0. The van der Waals surface area contributed by atoms with Gasteiger partial charge in [-0.15, -0.1) is 0 Å². The Morgan fingerprint density at radius 3 is 2.37 bits per heavy atom. The van der Waals surface area contributed by atoms with Gasteiger partial charge in [-0.1, -0.05) is 6.92 Å². The van der Waals surface area contributed by atoms with Crippen LogP contribution in [0.3, 0.4) is 0 Å². The van der Waals surface area contributed by atoms with Crippen LogP contribution < -0.4 is 10.6 Å². The van der Waals surface area contributed by atoms with Crippen molar-refractivity contribution in [2.24, 2.45) is 5.92 Å². The summed E-state index contributed by atoms with van der Waals surface area (Å²) in [6.07, 6.45) is 0. The van der Waals surface area contributed by atoms with E-state index in [1.54, 1.807) is 6.92 Å². The fourth-order valence-corrected chi connectivity index (χ4v) is 2.30. The van der Waals surface area contributed by atoms with Gasteiger partial charge in [-0.05, 0) is 12.1 Å². The van der Waals surface area contributed by atoms with Crippen LogP contribution in [0.2, 0.25) is 0 Å². The van der Waals surface area contributed by atoms with Crippen LogP contribution in [0, 0.1) is 17.6 Å². The van der Waals surface area contributed by atoms with Crippen molar-refractivity contribution in [3.05, 3.63) is 29.3 Å². The number of halogens is 2. The Labute approximate surface area is 109 Å². The highest BCUT2D eigenvalue weighted by Crippen LogP contribution is 2.33. The largest absolute Gasteiger partial charge is 0.355 e. The van der Waals surface area contributed by atoms with Crippen molar-refractivity contribution in [1.29, 1.82) is 0 Å². The predicted molar refractivity (Wildman–Crippen MR) is 65.6 cm³/mol. The topological polar surface area (TPSA) is 58.2 Å². The molecule has 2 N–H and O–H groups in total. The van der Waals surface area contributed by atoms with E-state index in [-0.39, 0.29) is 23.7 Å². The first-order chi connectivity index (χ1) is 8.90. The zero-order valence-corrected chi connectivity index (χ0v) is 10.6. The average Bonchev–Trinajstić information content (AvgIpc) is 2.59. The summed E-state index contributed by atoms with van der Waals surface area (Å²) in [7, 11) is 0. The van der Waals surface area contributed by atoms with E-state index in [1.165, 1.54) is 6.92 Å². The van der Waals surface area contributed by atoms with Gasteiger partial charge in [0, 0.05) is 36.6 Å². The summed E-state index contributed by atoms with van der Waals surface area (Å²) in [5, 5.41) is 4.90. The molecule has 0 aromatic heterocycles. The van der Waals surface area contributed by atoms with E-state index in [0.29, 0.717) is 0 Å². The van der Waals surface area contributed by atoms with Gasteiger partial charge in [-0.2, -0.15) is 0 Å². The molecule has 0 spiro atoms. The highest BCUT2D eigenvalue weighted by molar-refractivity contribution is 5.88. The molecule has 0 radical (unpaired) electrons. The Morgan fingerprint density at radius 1 is 1.37 bits per heavy atom. The van der Waals surface area contributed by atoms with Crippen molar-refractivity contribution >= 4 is 17.5 Å². The summed E-state index contributed by atoms with van der Waals surface area (Å²) in [6.45, 7) is 3.10. The molecule has 1 saturated heterocycles. The maximum Gasteiger partial charge on any atom is 0.223 e. The van der Waals surface area contributed by atoms with E-state index >= 15 is 0 Å². The number of amides is 2. The lowest BCUT2D eigenvalue weighted by molar-refractivity contribution is -0.122. The van der Waals surface area contributed by atoms with Gasteiger partial charge < -0.3 is 10.6 Å². The van der Waals surface area contributed by atoms with Crippen molar-refractivity contribution in [1.82, 2.24) is 5.32 Å². The van der Waals surface area contributed by atoms with Gasteiger partial charge >= 0.3 is 0 Å². The average molecular weight is 268 g/mol. The minimum Gasteiger partial charge on any atom is -0.355 e. The molecular formula is C13H14F2N2O2. The normalized spacial score (nSPS) is 22.2. The molecule has 2 atom stereocenters. The zero-order valence-electron chi connectivity index (χ0n) is 10.6. The van der Waals surface area contributed by atoms with Crippen molar-refractivity contribution in [3.8, 4) is 0 Å². The number of hydrogen-bond acceptors (Lipinski definition) is 2. The van der Waals surface area contributed by atoms with E-state index in [9.17, 15) is 18.4 Å². The Morgan fingerprint density at radius 2 is 1.95 bits per heavy atom. The monoisotopic (exact) mass is 268 g/mol. The Balaban J connectivity index is 2.37. The number of carbonyl (C=O) groups excluding carboxylic acids is 2. The van der Waals surface area contributed by atoms with Crippen LogP contribution in [-0.4, -0.2) is 18.4 Å². The number of rotatable bonds is 2. The number of nitrogens with one attached hydrogen (secondary N) is 2. The smallest absolute Gasteiger partial charge is 0.223 e. The first-order valence-electron chi connectivity index (χ1n) is 5.94. The second-order valence-electron chi connectivity index (χ2n) is 4.68. The van der Waals surface area contributed by atoms with E-state index in [2.05, 4.69) is 10.6 Å². The predicted octanol–water partition coefficient (Wildman–Crippen LogP) is 1.77. The molecule has 1 aromatic rings. The Kier molecular flexibility index (Phi) is 3.50. The number of benzene rings is 1. The lowest BCUT2D eigenvalue weighted by Crippen LogP contribution is -2.17. The molecule has 0 bridgehead atoms. The first kappa shape index (κ1) is 13.5. The second-order valence-corrected chi connectivity index (χ2v) is 4.68. The molecule has 102 valence electrons. The summed E-state index contributed by atoms with van der Waals surface area (Å²) in [5.74, 6) is -3.13. The summed E-state index contributed by atoms with van der Waals surface area (Å²) < 4.78 is 28.0. The molecule has 1 aliphatic rings.